The summed E-state index contributed by atoms with van der Waals surface area (Å²) in [5.41, 5.74) is 1.60. The van der Waals surface area contributed by atoms with Crippen LogP contribution in [-0.2, 0) is 6.61 Å². The summed E-state index contributed by atoms with van der Waals surface area (Å²) in [4.78, 5) is 0. The maximum Gasteiger partial charge on any atom is 0.142 e. The van der Waals surface area contributed by atoms with Gasteiger partial charge in [0.25, 0.3) is 0 Å². The van der Waals surface area contributed by atoms with Crippen LogP contribution in [0.4, 0.5) is 0 Å². The van der Waals surface area contributed by atoms with Crippen LogP contribution in [0.25, 0.3) is 0 Å². The number of nitriles is 1. The molecule has 0 saturated heterocycles. The zero-order valence-electron chi connectivity index (χ0n) is 10.4. The van der Waals surface area contributed by atoms with Gasteiger partial charge in [0, 0.05) is 6.07 Å². The first kappa shape index (κ1) is 13.3. The Hall–Kier alpha value is -2.18. The minimum atomic E-state index is 0.387. The van der Waals surface area contributed by atoms with Crippen molar-refractivity contribution in [3.63, 3.8) is 0 Å². The second-order valence-corrected chi connectivity index (χ2v) is 4.30. The molecule has 0 aliphatic carbocycles. The van der Waals surface area contributed by atoms with Crippen LogP contribution in [0.15, 0.2) is 42.5 Å². The third kappa shape index (κ3) is 3.40. The minimum absolute atomic E-state index is 0.387. The number of nitrogens with zero attached hydrogens (tertiary/aromatic N) is 1. The third-order valence-electron chi connectivity index (χ3n) is 2.62. The quantitative estimate of drug-likeness (QED) is 0.851. The Morgan fingerprint density at radius 1 is 1.16 bits per heavy atom. The van der Waals surface area contributed by atoms with E-state index in [2.05, 4.69) is 6.07 Å². The molecule has 2 rings (SSSR count). The first-order chi connectivity index (χ1) is 9.22. The molecule has 0 heterocycles. The molecule has 0 bridgehead atoms. The smallest absolute Gasteiger partial charge is 0.142 e. The molecule has 4 heteroatoms. The van der Waals surface area contributed by atoms with Crippen LogP contribution in [0, 0.1) is 11.3 Å². The lowest BCUT2D eigenvalue weighted by atomic mass is 10.2. The molecule has 0 atom stereocenters. The van der Waals surface area contributed by atoms with Gasteiger partial charge in [0.05, 0.1) is 23.8 Å². The summed E-state index contributed by atoms with van der Waals surface area (Å²) >= 11 is 6.04. The van der Waals surface area contributed by atoms with E-state index in [1.54, 1.807) is 37.4 Å². The van der Waals surface area contributed by atoms with Crippen molar-refractivity contribution in [3.8, 4) is 17.6 Å². The van der Waals surface area contributed by atoms with Crippen molar-refractivity contribution in [1.82, 2.24) is 0 Å². The Kier molecular flexibility index (Phi) is 4.27. The van der Waals surface area contributed by atoms with Gasteiger partial charge in [-0.2, -0.15) is 5.26 Å². The fraction of sp³-hybridized carbons (Fsp3) is 0.133. The van der Waals surface area contributed by atoms with Gasteiger partial charge in [-0.05, 0) is 29.8 Å². The van der Waals surface area contributed by atoms with Crippen molar-refractivity contribution in [1.29, 1.82) is 5.26 Å². The van der Waals surface area contributed by atoms with Gasteiger partial charge in [-0.1, -0.05) is 23.7 Å². The number of ether oxygens (including phenoxy) is 2. The number of rotatable bonds is 4. The number of benzene rings is 2. The zero-order chi connectivity index (χ0) is 13.7. The summed E-state index contributed by atoms with van der Waals surface area (Å²) in [6, 6.07) is 14.5. The molecule has 0 aliphatic rings. The predicted molar refractivity (Wildman–Crippen MR) is 73.5 cm³/mol. The van der Waals surface area contributed by atoms with Crippen LogP contribution in [0.1, 0.15) is 11.1 Å². The monoisotopic (exact) mass is 273 g/mol. The largest absolute Gasteiger partial charge is 0.497 e. The van der Waals surface area contributed by atoms with Gasteiger partial charge >= 0.3 is 0 Å². The first-order valence-electron chi connectivity index (χ1n) is 5.68. The van der Waals surface area contributed by atoms with E-state index in [1.165, 1.54) is 0 Å². The summed E-state index contributed by atoms with van der Waals surface area (Å²) in [6.07, 6.45) is 0. The van der Waals surface area contributed by atoms with E-state index in [0.29, 0.717) is 28.7 Å². The summed E-state index contributed by atoms with van der Waals surface area (Å²) in [6.45, 7) is 0.387. The van der Waals surface area contributed by atoms with Crippen LogP contribution in [-0.4, -0.2) is 7.11 Å². The number of halogens is 1. The fourth-order valence-corrected chi connectivity index (χ4v) is 1.73. The standard InChI is InChI=1S/C15H12ClNO2/c1-18-13-6-7-14(16)15(8-13)19-10-12-4-2-11(9-17)3-5-12/h2-8H,10H2,1H3. The molecular weight excluding hydrogens is 262 g/mol. The van der Waals surface area contributed by atoms with Crippen molar-refractivity contribution in [2.45, 2.75) is 6.61 Å². The lowest BCUT2D eigenvalue weighted by molar-refractivity contribution is 0.304. The molecule has 0 fully saturated rings. The van der Waals surface area contributed by atoms with E-state index < -0.39 is 0 Å². The van der Waals surface area contributed by atoms with Crippen molar-refractivity contribution < 1.29 is 9.47 Å². The van der Waals surface area contributed by atoms with Gasteiger partial charge in [-0.25, -0.2) is 0 Å². The van der Waals surface area contributed by atoms with Crippen LogP contribution in [0.3, 0.4) is 0 Å². The highest BCUT2D eigenvalue weighted by Crippen LogP contribution is 2.29. The molecule has 0 amide bonds. The van der Waals surface area contributed by atoms with E-state index in [1.807, 2.05) is 12.1 Å². The van der Waals surface area contributed by atoms with Gasteiger partial charge in [-0.15, -0.1) is 0 Å². The molecule has 0 saturated carbocycles. The van der Waals surface area contributed by atoms with Gasteiger partial charge in [0.15, 0.2) is 0 Å². The van der Waals surface area contributed by atoms with Gasteiger partial charge in [0.2, 0.25) is 0 Å². The number of methoxy groups -OCH3 is 1. The summed E-state index contributed by atoms with van der Waals surface area (Å²) in [7, 11) is 1.59. The second kappa shape index (κ2) is 6.12. The SMILES string of the molecule is COc1ccc(Cl)c(OCc2ccc(C#N)cc2)c1. The van der Waals surface area contributed by atoms with Gasteiger partial charge in [0.1, 0.15) is 18.1 Å². The Morgan fingerprint density at radius 2 is 1.89 bits per heavy atom. The normalized spacial score (nSPS) is 9.74. The van der Waals surface area contributed by atoms with Crippen LogP contribution >= 0.6 is 11.6 Å². The lowest BCUT2D eigenvalue weighted by Crippen LogP contribution is -1.96. The minimum Gasteiger partial charge on any atom is -0.497 e. The van der Waals surface area contributed by atoms with Crippen molar-refractivity contribution >= 4 is 11.6 Å². The Morgan fingerprint density at radius 3 is 2.53 bits per heavy atom. The molecule has 0 spiro atoms. The molecule has 19 heavy (non-hydrogen) atoms. The maximum atomic E-state index is 8.72. The highest BCUT2D eigenvalue weighted by molar-refractivity contribution is 6.32. The number of hydrogen-bond acceptors (Lipinski definition) is 3. The fourth-order valence-electron chi connectivity index (χ4n) is 1.56. The molecule has 0 aromatic heterocycles. The van der Waals surface area contributed by atoms with E-state index in [9.17, 15) is 0 Å². The second-order valence-electron chi connectivity index (χ2n) is 3.89. The summed E-state index contributed by atoms with van der Waals surface area (Å²) in [5, 5.41) is 9.25. The average molecular weight is 274 g/mol. The molecule has 2 aromatic carbocycles. The molecular formula is C15H12ClNO2. The predicted octanol–water partition coefficient (Wildman–Crippen LogP) is 3.80. The lowest BCUT2D eigenvalue weighted by Gasteiger charge is -2.09. The zero-order valence-corrected chi connectivity index (χ0v) is 11.1. The molecule has 0 N–H and O–H groups in total. The number of hydrogen-bond donors (Lipinski definition) is 0. The first-order valence-corrected chi connectivity index (χ1v) is 6.06. The van der Waals surface area contributed by atoms with Crippen LogP contribution in [0.5, 0.6) is 11.5 Å². The van der Waals surface area contributed by atoms with E-state index >= 15 is 0 Å². The van der Waals surface area contributed by atoms with E-state index in [0.717, 1.165) is 5.56 Å². The maximum absolute atomic E-state index is 8.72. The molecule has 3 nitrogen and oxygen atoms in total. The molecule has 96 valence electrons. The van der Waals surface area contributed by atoms with Gasteiger partial charge < -0.3 is 9.47 Å². The topological polar surface area (TPSA) is 42.2 Å². The highest BCUT2D eigenvalue weighted by atomic mass is 35.5. The Balaban J connectivity index is 2.07. The highest BCUT2D eigenvalue weighted by Gasteiger charge is 2.04. The van der Waals surface area contributed by atoms with Crippen molar-refractivity contribution in [3.05, 3.63) is 58.6 Å². The summed E-state index contributed by atoms with van der Waals surface area (Å²) in [5.74, 6) is 1.27. The van der Waals surface area contributed by atoms with Crippen LogP contribution in [0.2, 0.25) is 5.02 Å². The van der Waals surface area contributed by atoms with Gasteiger partial charge in [-0.3, -0.25) is 0 Å². The molecule has 0 aliphatic heterocycles. The van der Waals surface area contributed by atoms with Crippen molar-refractivity contribution in [2.75, 3.05) is 7.11 Å². The third-order valence-corrected chi connectivity index (χ3v) is 2.93. The molecule has 0 unspecified atom stereocenters. The average Bonchev–Trinajstić information content (AvgIpc) is 2.47. The van der Waals surface area contributed by atoms with Crippen LogP contribution < -0.4 is 9.47 Å². The molecule has 2 aromatic rings. The van der Waals surface area contributed by atoms with Crippen molar-refractivity contribution in [2.24, 2.45) is 0 Å². The molecule has 0 radical (unpaired) electrons. The summed E-state index contributed by atoms with van der Waals surface area (Å²) < 4.78 is 10.8. The Bertz CT molecular complexity index is 603. The van der Waals surface area contributed by atoms with E-state index in [-0.39, 0.29) is 0 Å². The Labute approximate surface area is 117 Å². The van der Waals surface area contributed by atoms with E-state index in [4.69, 9.17) is 26.3 Å².